The molecule has 30 heavy (non-hydrogen) atoms. The van der Waals surface area contributed by atoms with Crippen LogP contribution in [0.3, 0.4) is 0 Å². The number of allylic oxidation sites excluding steroid dienone is 1. The monoisotopic (exact) mass is 422 g/mol. The van der Waals surface area contributed by atoms with Crippen molar-refractivity contribution in [3.63, 3.8) is 0 Å². The van der Waals surface area contributed by atoms with Crippen molar-refractivity contribution in [2.45, 2.75) is 32.6 Å². The Bertz CT molecular complexity index is 1160. The summed E-state index contributed by atoms with van der Waals surface area (Å²) in [6.07, 6.45) is 0.539. The smallest absolute Gasteiger partial charge is 0.228 e. The van der Waals surface area contributed by atoms with E-state index in [2.05, 4.69) is 15.5 Å². The predicted molar refractivity (Wildman–Crippen MR) is 118 cm³/mol. The number of rotatable bonds is 4. The predicted octanol–water partition coefficient (Wildman–Crippen LogP) is 4.77. The fourth-order valence-corrected chi connectivity index (χ4v) is 4.07. The lowest BCUT2D eigenvalue weighted by Crippen LogP contribution is -2.34. The highest BCUT2D eigenvalue weighted by molar-refractivity contribution is 6.30. The molecule has 0 bridgehead atoms. The van der Waals surface area contributed by atoms with Crippen LogP contribution < -0.4 is 5.32 Å². The first-order chi connectivity index (χ1) is 14.3. The van der Waals surface area contributed by atoms with Crippen LogP contribution >= 0.6 is 11.6 Å². The molecule has 0 spiro atoms. The molecule has 2 N–H and O–H groups in total. The number of halogens is 1. The van der Waals surface area contributed by atoms with E-state index in [-0.39, 0.29) is 24.2 Å². The zero-order chi connectivity index (χ0) is 21.4. The van der Waals surface area contributed by atoms with Crippen molar-refractivity contribution >= 4 is 40.0 Å². The van der Waals surface area contributed by atoms with Gasteiger partial charge in [0.05, 0.1) is 11.9 Å². The normalized spacial score (nSPS) is 17.0. The minimum Gasteiger partial charge on any atom is -0.326 e. The number of carbonyl (C=O) groups excluding carboxylic acids is 2. The summed E-state index contributed by atoms with van der Waals surface area (Å²) in [6, 6.07) is 13.1. The van der Waals surface area contributed by atoms with E-state index < -0.39 is 0 Å². The molecule has 7 heteroatoms. The highest BCUT2D eigenvalue weighted by Gasteiger charge is 2.31. The number of hydrogen-bond donors (Lipinski definition) is 2. The number of benzene rings is 2. The number of nitrogens with zero attached hydrogens (tertiary/aromatic N) is 2. The molecule has 2 heterocycles. The molecule has 0 radical (unpaired) electrons. The summed E-state index contributed by atoms with van der Waals surface area (Å²) < 4.78 is 0. The number of amides is 2. The number of carbonyl (C=O) groups is 2. The SMILES string of the molecule is CC1=C(CC(=O)Nc2ccc3n[nH]c(C)c3c2)C(c2ccc(Cl)cc2)CC(=O)N1C. The van der Waals surface area contributed by atoms with Crippen LogP contribution in [0, 0.1) is 6.92 Å². The number of hydrogen-bond acceptors (Lipinski definition) is 3. The van der Waals surface area contributed by atoms with Gasteiger partial charge in [-0.2, -0.15) is 5.10 Å². The van der Waals surface area contributed by atoms with Gasteiger partial charge in [0.2, 0.25) is 11.8 Å². The zero-order valence-electron chi connectivity index (χ0n) is 17.1. The molecule has 154 valence electrons. The van der Waals surface area contributed by atoms with Crippen molar-refractivity contribution in [2.75, 3.05) is 12.4 Å². The summed E-state index contributed by atoms with van der Waals surface area (Å²) >= 11 is 6.03. The largest absolute Gasteiger partial charge is 0.326 e. The van der Waals surface area contributed by atoms with E-state index in [1.165, 1.54) is 0 Å². The van der Waals surface area contributed by atoms with Gasteiger partial charge in [-0.1, -0.05) is 23.7 Å². The summed E-state index contributed by atoms with van der Waals surface area (Å²) in [4.78, 5) is 27.0. The molecule has 4 rings (SSSR count). The summed E-state index contributed by atoms with van der Waals surface area (Å²) in [5.41, 5.74) is 5.28. The van der Waals surface area contributed by atoms with E-state index in [1.807, 2.05) is 56.3 Å². The second-order valence-corrected chi connectivity index (χ2v) is 8.11. The van der Waals surface area contributed by atoms with E-state index in [0.717, 1.165) is 39.1 Å². The molecule has 2 amide bonds. The number of anilines is 1. The molecular formula is C23H23ClN4O2. The lowest BCUT2D eigenvalue weighted by molar-refractivity contribution is -0.129. The second kappa shape index (κ2) is 7.95. The van der Waals surface area contributed by atoms with Gasteiger partial charge in [0.25, 0.3) is 0 Å². The fraction of sp³-hybridized carbons (Fsp3) is 0.261. The fourth-order valence-electron chi connectivity index (χ4n) is 3.95. The Morgan fingerprint density at radius 2 is 1.97 bits per heavy atom. The number of aromatic amines is 1. The van der Waals surface area contributed by atoms with E-state index in [1.54, 1.807) is 11.9 Å². The third kappa shape index (κ3) is 3.83. The topological polar surface area (TPSA) is 78.1 Å². The number of fused-ring (bicyclic) bond motifs is 1. The van der Waals surface area contributed by atoms with Crippen molar-refractivity contribution < 1.29 is 9.59 Å². The third-order valence-electron chi connectivity index (χ3n) is 5.79. The molecule has 1 aliphatic rings. The number of H-pyrrole nitrogens is 1. The molecule has 0 saturated carbocycles. The highest BCUT2D eigenvalue weighted by Crippen LogP contribution is 2.38. The van der Waals surface area contributed by atoms with Crippen LogP contribution in [0.2, 0.25) is 5.02 Å². The second-order valence-electron chi connectivity index (χ2n) is 7.68. The van der Waals surface area contributed by atoms with Crippen LogP contribution in [0.4, 0.5) is 5.69 Å². The molecule has 1 unspecified atom stereocenters. The van der Waals surface area contributed by atoms with E-state index in [9.17, 15) is 9.59 Å². The minimum atomic E-state index is -0.143. The molecule has 0 saturated heterocycles. The highest BCUT2D eigenvalue weighted by atomic mass is 35.5. The first kappa shape index (κ1) is 20.2. The molecular weight excluding hydrogens is 400 g/mol. The molecule has 0 aliphatic carbocycles. The summed E-state index contributed by atoms with van der Waals surface area (Å²) in [5.74, 6) is -0.223. The Morgan fingerprint density at radius 3 is 2.70 bits per heavy atom. The standard InChI is InChI=1S/C23H23ClN4O2/c1-13-18-10-17(8-9-21(18)27-26-13)25-22(29)11-19-14(2)28(3)23(30)12-20(19)15-4-6-16(24)7-5-15/h4-10,20H,11-12H2,1-3H3,(H,25,29)(H,26,27). The van der Waals surface area contributed by atoms with Gasteiger partial charge in [0, 0.05) is 46.9 Å². The van der Waals surface area contributed by atoms with Gasteiger partial charge in [0.15, 0.2) is 0 Å². The Morgan fingerprint density at radius 1 is 1.23 bits per heavy atom. The average molecular weight is 423 g/mol. The van der Waals surface area contributed by atoms with E-state index in [4.69, 9.17) is 11.6 Å². The summed E-state index contributed by atoms with van der Waals surface area (Å²) in [5, 5.41) is 11.8. The minimum absolute atomic E-state index is 0.0393. The van der Waals surface area contributed by atoms with Crippen molar-refractivity contribution in [3.8, 4) is 0 Å². The number of nitrogens with one attached hydrogen (secondary N) is 2. The van der Waals surface area contributed by atoms with Gasteiger partial charge < -0.3 is 10.2 Å². The quantitative estimate of drug-likeness (QED) is 0.635. The Hall–Kier alpha value is -3.12. The van der Waals surface area contributed by atoms with Crippen molar-refractivity contribution in [1.82, 2.24) is 15.1 Å². The lowest BCUT2D eigenvalue weighted by Gasteiger charge is -2.33. The molecule has 1 aromatic heterocycles. The van der Waals surface area contributed by atoms with Crippen LogP contribution in [0.15, 0.2) is 53.7 Å². The molecule has 3 aromatic rings. The van der Waals surface area contributed by atoms with Gasteiger partial charge in [-0.15, -0.1) is 0 Å². The van der Waals surface area contributed by atoms with Gasteiger partial charge >= 0.3 is 0 Å². The molecule has 6 nitrogen and oxygen atoms in total. The Labute approximate surface area is 179 Å². The van der Waals surface area contributed by atoms with Gasteiger partial charge in [0.1, 0.15) is 0 Å². The maximum Gasteiger partial charge on any atom is 0.228 e. The molecule has 2 aromatic carbocycles. The zero-order valence-corrected chi connectivity index (χ0v) is 17.9. The van der Waals surface area contributed by atoms with E-state index >= 15 is 0 Å². The molecule has 1 atom stereocenters. The van der Waals surface area contributed by atoms with Gasteiger partial charge in [-0.05, 0) is 55.3 Å². The van der Waals surface area contributed by atoms with Gasteiger partial charge in [-0.3, -0.25) is 14.7 Å². The number of aryl methyl sites for hydroxylation is 1. The first-order valence-electron chi connectivity index (χ1n) is 9.79. The van der Waals surface area contributed by atoms with Crippen molar-refractivity contribution in [2.24, 2.45) is 0 Å². The van der Waals surface area contributed by atoms with Crippen LogP contribution in [0.5, 0.6) is 0 Å². The maximum absolute atomic E-state index is 12.9. The van der Waals surface area contributed by atoms with E-state index in [0.29, 0.717) is 11.4 Å². The van der Waals surface area contributed by atoms with Crippen LogP contribution in [0.1, 0.15) is 36.9 Å². The van der Waals surface area contributed by atoms with Crippen molar-refractivity contribution in [1.29, 1.82) is 0 Å². The lowest BCUT2D eigenvalue weighted by atomic mass is 9.82. The van der Waals surface area contributed by atoms with Crippen LogP contribution in [-0.2, 0) is 9.59 Å². The van der Waals surface area contributed by atoms with Gasteiger partial charge in [-0.25, -0.2) is 0 Å². The molecule has 0 fully saturated rings. The Balaban J connectivity index is 1.60. The maximum atomic E-state index is 12.9. The average Bonchev–Trinajstić information content (AvgIpc) is 3.09. The third-order valence-corrected chi connectivity index (χ3v) is 6.05. The van der Waals surface area contributed by atoms with Crippen molar-refractivity contribution in [3.05, 3.63) is 70.0 Å². The summed E-state index contributed by atoms with van der Waals surface area (Å²) in [6.45, 7) is 3.84. The van der Waals surface area contributed by atoms with Crippen LogP contribution in [0.25, 0.3) is 10.9 Å². The molecule has 1 aliphatic heterocycles. The summed E-state index contributed by atoms with van der Waals surface area (Å²) in [7, 11) is 1.75. The Kier molecular flexibility index (Phi) is 5.35. The van der Waals surface area contributed by atoms with Crippen LogP contribution in [-0.4, -0.2) is 34.0 Å². The number of aromatic nitrogens is 2. The first-order valence-corrected chi connectivity index (χ1v) is 10.2.